The van der Waals surface area contributed by atoms with E-state index < -0.39 is 0 Å². The van der Waals surface area contributed by atoms with E-state index in [0.29, 0.717) is 27.6 Å². The number of carbonyl (C=O) groups is 2. The average molecular weight is 405 g/mol. The quantitative estimate of drug-likeness (QED) is 0.677. The first kappa shape index (κ1) is 20.4. The molecule has 0 atom stereocenters. The van der Waals surface area contributed by atoms with Crippen LogP contribution in [0.2, 0.25) is 5.02 Å². The summed E-state index contributed by atoms with van der Waals surface area (Å²) in [6, 6.07) is 6.70. The van der Waals surface area contributed by atoms with Gasteiger partial charge in [-0.05, 0) is 61.3 Å². The maximum absolute atomic E-state index is 12.7. The number of carbonyl (C=O) groups excluding carboxylic acids is 2. The van der Waals surface area contributed by atoms with Gasteiger partial charge in [-0.2, -0.15) is 5.10 Å². The number of benzene rings is 1. The van der Waals surface area contributed by atoms with Gasteiger partial charge in [0.1, 0.15) is 5.69 Å². The fourth-order valence-electron chi connectivity index (χ4n) is 3.71. The number of H-pyrrole nitrogens is 1. The SMILES string of the molecule is CC(C)(C)C1CCC(NC(=O)c2[nH]ncc2NC(=O)c2ccc(Cl)cc2)CC1.[HH]. The fraction of sp³-hybridized carbons (Fsp3) is 0.476. The Balaban J connectivity index is 0.00000300. The molecule has 0 saturated heterocycles. The molecule has 6 nitrogen and oxygen atoms in total. The Morgan fingerprint density at radius 3 is 2.36 bits per heavy atom. The number of rotatable bonds is 4. The summed E-state index contributed by atoms with van der Waals surface area (Å²) in [6.07, 6.45) is 5.59. The predicted molar refractivity (Wildman–Crippen MR) is 113 cm³/mol. The minimum Gasteiger partial charge on any atom is -0.348 e. The van der Waals surface area contributed by atoms with Crippen LogP contribution in [0.4, 0.5) is 5.69 Å². The molecule has 1 aliphatic rings. The van der Waals surface area contributed by atoms with Crippen LogP contribution in [0.3, 0.4) is 0 Å². The van der Waals surface area contributed by atoms with Crippen LogP contribution in [0.5, 0.6) is 0 Å². The van der Waals surface area contributed by atoms with Crippen molar-refractivity contribution < 1.29 is 11.0 Å². The third kappa shape index (κ3) is 4.93. The molecule has 2 aromatic rings. The van der Waals surface area contributed by atoms with Crippen LogP contribution in [0, 0.1) is 11.3 Å². The number of halogens is 1. The van der Waals surface area contributed by atoms with Gasteiger partial charge in [-0.15, -0.1) is 0 Å². The summed E-state index contributed by atoms with van der Waals surface area (Å²) < 4.78 is 0. The summed E-state index contributed by atoms with van der Waals surface area (Å²) >= 11 is 5.85. The van der Waals surface area contributed by atoms with Crippen molar-refractivity contribution in [3.05, 3.63) is 46.7 Å². The van der Waals surface area contributed by atoms with E-state index in [1.165, 1.54) is 6.20 Å². The van der Waals surface area contributed by atoms with Gasteiger partial charge in [0, 0.05) is 18.1 Å². The largest absolute Gasteiger partial charge is 0.348 e. The molecule has 3 rings (SSSR count). The van der Waals surface area contributed by atoms with Gasteiger partial charge in [0.05, 0.1) is 11.9 Å². The highest BCUT2D eigenvalue weighted by molar-refractivity contribution is 6.30. The van der Waals surface area contributed by atoms with Gasteiger partial charge in [0.15, 0.2) is 0 Å². The molecule has 7 heteroatoms. The molecule has 28 heavy (non-hydrogen) atoms. The third-order valence-electron chi connectivity index (χ3n) is 5.51. The fourth-order valence-corrected chi connectivity index (χ4v) is 3.84. The van der Waals surface area contributed by atoms with Crippen molar-refractivity contribution in [2.45, 2.75) is 52.5 Å². The number of aromatic amines is 1. The van der Waals surface area contributed by atoms with Gasteiger partial charge in [-0.1, -0.05) is 32.4 Å². The van der Waals surface area contributed by atoms with Gasteiger partial charge in [-0.3, -0.25) is 14.7 Å². The Bertz CT molecular complexity index is 837. The van der Waals surface area contributed by atoms with Gasteiger partial charge >= 0.3 is 0 Å². The van der Waals surface area contributed by atoms with E-state index in [0.717, 1.165) is 25.7 Å². The Morgan fingerprint density at radius 2 is 1.75 bits per heavy atom. The van der Waals surface area contributed by atoms with Crippen molar-refractivity contribution >= 4 is 29.1 Å². The monoisotopic (exact) mass is 404 g/mol. The molecule has 1 saturated carbocycles. The van der Waals surface area contributed by atoms with Crippen LogP contribution in [-0.2, 0) is 0 Å². The minimum atomic E-state index is -0.321. The topological polar surface area (TPSA) is 86.9 Å². The zero-order valence-electron chi connectivity index (χ0n) is 16.5. The van der Waals surface area contributed by atoms with E-state index in [1.807, 2.05) is 0 Å². The number of aromatic nitrogens is 2. The van der Waals surface area contributed by atoms with Crippen LogP contribution in [0.15, 0.2) is 30.5 Å². The second-order valence-corrected chi connectivity index (χ2v) is 8.94. The first-order chi connectivity index (χ1) is 13.2. The molecule has 0 unspecified atom stereocenters. The van der Waals surface area contributed by atoms with Gasteiger partial charge in [0.25, 0.3) is 11.8 Å². The molecule has 152 valence electrons. The number of hydrogen-bond acceptors (Lipinski definition) is 3. The average Bonchev–Trinajstić information content (AvgIpc) is 3.10. The number of amides is 2. The highest BCUT2D eigenvalue weighted by Crippen LogP contribution is 2.37. The van der Waals surface area contributed by atoms with E-state index in [2.05, 4.69) is 41.6 Å². The number of anilines is 1. The lowest BCUT2D eigenvalue weighted by Gasteiger charge is -2.37. The van der Waals surface area contributed by atoms with Crippen LogP contribution in [-0.4, -0.2) is 28.1 Å². The summed E-state index contributed by atoms with van der Waals surface area (Å²) in [5.41, 5.74) is 1.39. The molecule has 0 spiro atoms. The second kappa shape index (κ2) is 8.35. The van der Waals surface area contributed by atoms with Crippen LogP contribution >= 0.6 is 11.6 Å². The first-order valence-corrected chi connectivity index (χ1v) is 10.0. The summed E-state index contributed by atoms with van der Waals surface area (Å²) in [6.45, 7) is 6.82. The lowest BCUT2D eigenvalue weighted by molar-refractivity contribution is 0.0900. The van der Waals surface area contributed by atoms with Crippen molar-refractivity contribution in [3.63, 3.8) is 0 Å². The van der Waals surface area contributed by atoms with E-state index in [-0.39, 0.29) is 25.0 Å². The minimum absolute atomic E-state index is 0. The molecule has 1 heterocycles. The van der Waals surface area contributed by atoms with E-state index in [4.69, 9.17) is 11.6 Å². The maximum atomic E-state index is 12.7. The van der Waals surface area contributed by atoms with Crippen LogP contribution in [0.25, 0.3) is 0 Å². The van der Waals surface area contributed by atoms with Crippen molar-refractivity contribution in [3.8, 4) is 0 Å². The maximum Gasteiger partial charge on any atom is 0.271 e. The molecule has 1 aliphatic carbocycles. The van der Waals surface area contributed by atoms with Crippen molar-refractivity contribution in [2.75, 3.05) is 5.32 Å². The first-order valence-electron chi connectivity index (χ1n) is 9.65. The molecule has 1 aromatic heterocycles. The standard InChI is InChI=1S/C21H27ClN4O2.H2/c1-21(2,3)14-6-10-16(11-7-14)24-20(28)18-17(12-23-26-18)25-19(27)13-4-8-15(22)9-5-13;/h4-5,8-9,12,14,16H,6-7,10-11H2,1-3H3,(H,23,26)(H,24,28)(H,25,27);1H. The Morgan fingerprint density at radius 1 is 1.11 bits per heavy atom. The summed E-state index contributed by atoms with van der Waals surface area (Å²) in [5.74, 6) is 0.114. The van der Waals surface area contributed by atoms with E-state index in [1.54, 1.807) is 24.3 Å². The summed E-state index contributed by atoms with van der Waals surface area (Å²) in [7, 11) is 0. The molecule has 1 aromatic carbocycles. The normalized spacial score (nSPS) is 19.9. The van der Waals surface area contributed by atoms with Crippen molar-refractivity contribution in [1.29, 1.82) is 0 Å². The van der Waals surface area contributed by atoms with Crippen LogP contribution in [0.1, 0.15) is 68.7 Å². The predicted octanol–water partition coefficient (Wildman–Crippen LogP) is 4.90. The molecular formula is C21H29ClN4O2. The number of nitrogens with zero attached hydrogens (tertiary/aromatic N) is 1. The molecule has 2 amide bonds. The molecule has 0 bridgehead atoms. The molecule has 0 aliphatic heterocycles. The molecular weight excluding hydrogens is 376 g/mol. The second-order valence-electron chi connectivity index (χ2n) is 8.51. The number of nitrogens with one attached hydrogen (secondary N) is 3. The zero-order valence-corrected chi connectivity index (χ0v) is 17.3. The molecule has 1 fully saturated rings. The zero-order chi connectivity index (χ0) is 20.3. The lowest BCUT2D eigenvalue weighted by Crippen LogP contribution is -2.39. The van der Waals surface area contributed by atoms with E-state index >= 15 is 0 Å². The summed E-state index contributed by atoms with van der Waals surface area (Å²) in [4.78, 5) is 25.1. The van der Waals surface area contributed by atoms with Crippen LogP contribution < -0.4 is 10.6 Å². The number of hydrogen-bond donors (Lipinski definition) is 3. The van der Waals surface area contributed by atoms with Crippen molar-refractivity contribution in [1.82, 2.24) is 15.5 Å². The van der Waals surface area contributed by atoms with Crippen molar-refractivity contribution in [2.24, 2.45) is 11.3 Å². The Hall–Kier alpha value is -2.34. The highest BCUT2D eigenvalue weighted by atomic mass is 35.5. The highest BCUT2D eigenvalue weighted by Gasteiger charge is 2.30. The Labute approximate surface area is 171 Å². The molecule has 3 N–H and O–H groups in total. The van der Waals surface area contributed by atoms with Gasteiger partial charge in [0.2, 0.25) is 0 Å². The van der Waals surface area contributed by atoms with Gasteiger partial charge < -0.3 is 10.6 Å². The lowest BCUT2D eigenvalue weighted by atomic mass is 9.71. The Kier molecular flexibility index (Phi) is 6.08. The summed E-state index contributed by atoms with van der Waals surface area (Å²) in [5, 5.41) is 13.0. The third-order valence-corrected chi connectivity index (χ3v) is 5.76. The smallest absolute Gasteiger partial charge is 0.271 e. The molecule has 0 radical (unpaired) electrons. The van der Waals surface area contributed by atoms with Gasteiger partial charge in [-0.25, -0.2) is 0 Å². The van der Waals surface area contributed by atoms with E-state index in [9.17, 15) is 9.59 Å².